The van der Waals surface area contributed by atoms with E-state index in [1.165, 1.54) is 5.56 Å². The predicted octanol–water partition coefficient (Wildman–Crippen LogP) is 3.53. The summed E-state index contributed by atoms with van der Waals surface area (Å²) in [5.41, 5.74) is 6.70. The summed E-state index contributed by atoms with van der Waals surface area (Å²) in [5, 5.41) is 3.74. The minimum Gasteiger partial charge on any atom is -0.369 e. The normalized spacial score (nSPS) is 24.3. The summed E-state index contributed by atoms with van der Waals surface area (Å²) in [6, 6.07) is 9.34. The molecule has 20 heavy (non-hydrogen) atoms. The molecule has 0 spiro atoms. The molecule has 1 aromatic carbocycles. The van der Waals surface area contributed by atoms with Gasteiger partial charge in [0.25, 0.3) is 0 Å². The second-order valence-electron chi connectivity index (χ2n) is 5.63. The Bertz CT molecular complexity index is 456. The molecular weight excluding hydrogens is 316 g/mol. The number of nitrogens with one attached hydrogen (secondary N) is 1. The van der Waals surface area contributed by atoms with Crippen LogP contribution in [0.5, 0.6) is 0 Å². The molecule has 1 fully saturated rings. The van der Waals surface area contributed by atoms with Gasteiger partial charge in [0.2, 0.25) is 5.91 Å². The van der Waals surface area contributed by atoms with Crippen molar-refractivity contribution >= 4 is 21.8 Å². The maximum Gasteiger partial charge on any atom is 0.220 e. The lowest BCUT2D eigenvalue weighted by atomic mass is 9.85. The van der Waals surface area contributed by atoms with Crippen LogP contribution in [0.2, 0.25) is 0 Å². The first kappa shape index (κ1) is 15.5. The Balaban J connectivity index is 1.93. The van der Waals surface area contributed by atoms with Gasteiger partial charge in [0.05, 0.1) is 0 Å². The Morgan fingerprint density at radius 3 is 2.65 bits per heavy atom. The maximum atomic E-state index is 11.2. The molecule has 3 nitrogen and oxygen atoms in total. The summed E-state index contributed by atoms with van der Waals surface area (Å²) in [6.07, 6.45) is 4.98. The van der Waals surface area contributed by atoms with Crippen molar-refractivity contribution < 1.29 is 4.79 Å². The molecule has 0 radical (unpaired) electrons. The van der Waals surface area contributed by atoms with Gasteiger partial charge in [-0.3, -0.25) is 4.79 Å². The monoisotopic (exact) mass is 338 g/mol. The fourth-order valence-corrected chi connectivity index (χ4v) is 3.42. The zero-order valence-electron chi connectivity index (χ0n) is 11.9. The third-order valence-electron chi connectivity index (χ3n) is 4.23. The van der Waals surface area contributed by atoms with Gasteiger partial charge in [0.1, 0.15) is 0 Å². The Hall–Kier alpha value is -0.870. The zero-order chi connectivity index (χ0) is 14.5. The molecule has 3 N–H and O–H groups in total. The van der Waals surface area contributed by atoms with Crippen LogP contribution >= 0.6 is 15.9 Å². The average molecular weight is 339 g/mol. The first-order valence-electron chi connectivity index (χ1n) is 7.41. The van der Waals surface area contributed by atoms with Crippen LogP contribution in [0.3, 0.4) is 0 Å². The summed E-state index contributed by atoms with van der Waals surface area (Å²) in [5.74, 6) is -0.0542. The van der Waals surface area contributed by atoms with Crippen molar-refractivity contribution in [3.8, 4) is 0 Å². The topological polar surface area (TPSA) is 55.1 Å². The molecule has 1 unspecified atom stereocenters. The van der Waals surface area contributed by atoms with Crippen molar-refractivity contribution in [3.63, 3.8) is 0 Å². The first-order valence-corrected chi connectivity index (χ1v) is 8.20. The summed E-state index contributed by atoms with van der Waals surface area (Å²) >= 11 is 3.53. The van der Waals surface area contributed by atoms with Crippen LogP contribution in [0.15, 0.2) is 28.7 Å². The molecule has 4 heteroatoms. The summed E-state index contributed by atoms with van der Waals surface area (Å²) < 4.78 is 1.12. The molecule has 0 aliphatic heterocycles. The molecule has 0 heterocycles. The van der Waals surface area contributed by atoms with E-state index in [-0.39, 0.29) is 11.8 Å². The molecule has 0 saturated heterocycles. The van der Waals surface area contributed by atoms with Crippen molar-refractivity contribution in [2.24, 2.45) is 11.7 Å². The lowest BCUT2D eigenvalue weighted by molar-refractivity contribution is -0.122. The van der Waals surface area contributed by atoms with Gasteiger partial charge in [-0.05, 0) is 49.8 Å². The number of hydrogen-bond acceptors (Lipinski definition) is 2. The lowest BCUT2D eigenvalue weighted by Gasteiger charge is -2.31. The number of halogens is 1. The minimum absolute atomic E-state index is 0.0824. The Labute approximate surface area is 129 Å². The molecule has 0 aromatic heterocycles. The highest BCUT2D eigenvalue weighted by atomic mass is 79.9. The number of rotatable bonds is 5. The van der Waals surface area contributed by atoms with Crippen LogP contribution in [0.25, 0.3) is 0 Å². The van der Waals surface area contributed by atoms with Gasteiger partial charge >= 0.3 is 0 Å². The van der Waals surface area contributed by atoms with Gasteiger partial charge in [-0.2, -0.15) is 0 Å². The Kier molecular flexibility index (Phi) is 5.61. The van der Waals surface area contributed by atoms with E-state index in [0.717, 1.165) is 36.6 Å². The first-order chi connectivity index (χ1) is 9.60. The summed E-state index contributed by atoms with van der Waals surface area (Å²) in [7, 11) is 0. The highest BCUT2D eigenvalue weighted by Crippen LogP contribution is 2.27. The maximum absolute atomic E-state index is 11.2. The van der Waals surface area contributed by atoms with Gasteiger partial charge in [-0.15, -0.1) is 0 Å². The minimum atomic E-state index is -0.137. The van der Waals surface area contributed by atoms with Crippen LogP contribution in [-0.2, 0) is 4.79 Å². The standard InChI is InChI=1S/C16H23BrN2O/c1-2-15(12-4-3-5-13(17)10-12)19-14-8-6-11(7-9-14)16(18)20/h3-5,10-11,14-15,19H,2,6-9H2,1H3,(H2,18,20). The lowest BCUT2D eigenvalue weighted by Crippen LogP contribution is -2.38. The highest BCUT2D eigenvalue weighted by Gasteiger charge is 2.26. The number of hydrogen-bond donors (Lipinski definition) is 2. The molecule has 1 saturated carbocycles. The van der Waals surface area contributed by atoms with E-state index in [2.05, 4.69) is 46.4 Å². The largest absolute Gasteiger partial charge is 0.369 e. The summed E-state index contributed by atoms with van der Waals surface area (Å²) in [6.45, 7) is 2.20. The number of carbonyl (C=O) groups excluding carboxylic acids is 1. The van der Waals surface area contributed by atoms with Gasteiger partial charge in [0, 0.05) is 22.5 Å². The highest BCUT2D eigenvalue weighted by molar-refractivity contribution is 9.10. The van der Waals surface area contributed by atoms with E-state index >= 15 is 0 Å². The molecule has 0 bridgehead atoms. The number of primary amides is 1. The van der Waals surface area contributed by atoms with E-state index in [4.69, 9.17) is 5.73 Å². The number of benzene rings is 1. The van der Waals surface area contributed by atoms with Crippen LogP contribution in [0, 0.1) is 5.92 Å². The van der Waals surface area contributed by atoms with Crippen LogP contribution in [-0.4, -0.2) is 11.9 Å². The molecule has 1 aromatic rings. The van der Waals surface area contributed by atoms with Gasteiger partial charge < -0.3 is 11.1 Å². The molecule has 1 amide bonds. The molecule has 2 rings (SSSR count). The van der Waals surface area contributed by atoms with E-state index in [9.17, 15) is 4.79 Å². The molecular formula is C16H23BrN2O. The third-order valence-corrected chi connectivity index (χ3v) is 4.72. The van der Waals surface area contributed by atoms with Crippen LogP contribution in [0.1, 0.15) is 50.6 Å². The Morgan fingerprint density at radius 2 is 2.10 bits per heavy atom. The van der Waals surface area contributed by atoms with E-state index in [0.29, 0.717) is 12.1 Å². The smallest absolute Gasteiger partial charge is 0.220 e. The van der Waals surface area contributed by atoms with Crippen LogP contribution < -0.4 is 11.1 Å². The van der Waals surface area contributed by atoms with Gasteiger partial charge in [0.15, 0.2) is 0 Å². The SMILES string of the molecule is CCC(NC1CCC(C(N)=O)CC1)c1cccc(Br)c1. The van der Waals surface area contributed by atoms with Crippen molar-refractivity contribution in [2.75, 3.05) is 0 Å². The van der Waals surface area contributed by atoms with E-state index in [1.54, 1.807) is 0 Å². The number of carbonyl (C=O) groups is 1. The van der Waals surface area contributed by atoms with E-state index < -0.39 is 0 Å². The van der Waals surface area contributed by atoms with Crippen LogP contribution in [0.4, 0.5) is 0 Å². The third kappa shape index (κ3) is 4.06. The second-order valence-corrected chi connectivity index (χ2v) is 6.55. The fraction of sp³-hybridized carbons (Fsp3) is 0.562. The van der Waals surface area contributed by atoms with Crippen molar-refractivity contribution in [3.05, 3.63) is 34.3 Å². The predicted molar refractivity (Wildman–Crippen MR) is 85.3 cm³/mol. The fourth-order valence-electron chi connectivity index (χ4n) is 3.00. The summed E-state index contributed by atoms with van der Waals surface area (Å²) in [4.78, 5) is 11.2. The molecule has 1 aliphatic carbocycles. The molecule has 1 atom stereocenters. The quantitative estimate of drug-likeness (QED) is 0.862. The number of amides is 1. The van der Waals surface area contributed by atoms with Gasteiger partial charge in [-0.25, -0.2) is 0 Å². The van der Waals surface area contributed by atoms with Crippen molar-refractivity contribution in [1.82, 2.24) is 5.32 Å². The van der Waals surface area contributed by atoms with Crippen molar-refractivity contribution in [2.45, 2.75) is 51.1 Å². The Morgan fingerprint density at radius 1 is 1.40 bits per heavy atom. The number of nitrogens with two attached hydrogens (primary N) is 1. The zero-order valence-corrected chi connectivity index (χ0v) is 13.5. The molecule has 1 aliphatic rings. The molecule has 110 valence electrons. The van der Waals surface area contributed by atoms with E-state index in [1.807, 2.05) is 6.07 Å². The second kappa shape index (κ2) is 7.23. The van der Waals surface area contributed by atoms with Gasteiger partial charge in [-0.1, -0.05) is 35.0 Å². The average Bonchev–Trinajstić information content (AvgIpc) is 2.45. The van der Waals surface area contributed by atoms with Crippen molar-refractivity contribution in [1.29, 1.82) is 0 Å².